The van der Waals surface area contributed by atoms with Crippen LogP contribution < -0.4 is 4.74 Å². The van der Waals surface area contributed by atoms with Crippen molar-refractivity contribution in [1.29, 1.82) is 0 Å². The predicted molar refractivity (Wildman–Crippen MR) is 49.0 cm³/mol. The normalized spacial score (nSPS) is 10.4. The van der Waals surface area contributed by atoms with Crippen molar-refractivity contribution in [3.05, 3.63) is 45.9 Å². The molecule has 0 saturated carbocycles. The molecule has 0 atom stereocenters. The van der Waals surface area contributed by atoms with Crippen LogP contribution in [0.15, 0.2) is 24.4 Å². The Kier molecular flexibility index (Phi) is 3.17. The molecule has 0 saturated heterocycles. The van der Waals surface area contributed by atoms with Crippen molar-refractivity contribution < 1.29 is 14.1 Å². The summed E-state index contributed by atoms with van der Waals surface area (Å²) >= 11 is 0. The van der Waals surface area contributed by atoms with Gasteiger partial charge in [-0.25, -0.2) is 4.39 Å². The van der Waals surface area contributed by atoms with E-state index < -0.39 is 10.7 Å². The molecule has 5 heteroatoms. The molecular weight excluding hydrogens is 189 g/mol. The summed E-state index contributed by atoms with van der Waals surface area (Å²) < 4.78 is 17.9. The molecule has 1 aromatic carbocycles. The fourth-order valence-corrected chi connectivity index (χ4v) is 0.918. The molecule has 74 valence electrons. The second-order valence-electron chi connectivity index (χ2n) is 2.49. The summed E-state index contributed by atoms with van der Waals surface area (Å²) in [6, 6.07) is 4.02. The predicted octanol–water partition coefficient (Wildman–Crippen LogP) is 2.08. The highest BCUT2D eigenvalue weighted by Crippen LogP contribution is 2.17. The highest BCUT2D eigenvalue weighted by Gasteiger charge is 2.01. The highest BCUT2D eigenvalue weighted by molar-refractivity contribution is 5.51. The van der Waals surface area contributed by atoms with Gasteiger partial charge in [-0.15, -0.1) is 0 Å². The molecule has 0 radical (unpaired) electrons. The van der Waals surface area contributed by atoms with Crippen LogP contribution >= 0.6 is 0 Å². The lowest BCUT2D eigenvalue weighted by Gasteiger charge is -2.00. The zero-order valence-electron chi connectivity index (χ0n) is 7.44. The topological polar surface area (TPSA) is 52.4 Å². The van der Waals surface area contributed by atoms with E-state index >= 15 is 0 Å². The monoisotopic (exact) mass is 197 g/mol. The third-order valence-electron chi connectivity index (χ3n) is 1.58. The minimum atomic E-state index is -0.654. The molecule has 0 aliphatic rings. The molecule has 0 bridgehead atoms. The summed E-state index contributed by atoms with van der Waals surface area (Å²) in [5.41, 5.74) is 0.126. The lowest BCUT2D eigenvalue weighted by molar-refractivity contribution is -0.400. The Bertz CT molecular complexity index is 376. The van der Waals surface area contributed by atoms with Crippen LogP contribution in [0.5, 0.6) is 5.75 Å². The molecule has 0 aliphatic carbocycles. The molecule has 0 aliphatic heterocycles. The first-order valence-corrected chi connectivity index (χ1v) is 3.78. The standard InChI is InChI=1S/C9H8FNO3/c1-14-8-2-3-9(10)7(6-8)4-5-11(12)13/h2-6H,1H3. The van der Waals surface area contributed by atoms with E-state index in [-0.39, 0.29) is 5.56 Å². The molecule has 4 nitrogen and oxygen atoms in total. The Hall–Kier alpha value is -1.91. The van der Waals surface area contributed by atoms with E-state index in [1.807, 2.05) is 0 Å². The summed E-state index contributed by atoms with van der Waals surface area (Å²) in [5.74, 6) is -0.0710. The minimum absolute atomic E-state index is 0.126. The summed E-state index contributed by atoms with van der Waals surface area (Å²) in [6.07, 6.45) is 1.76. The van der Waals surface area contributed by atoms with Crippen LogP contribution in [0, 0.1) is 15.9 Å². The van der Waals surface area contributed by atoms with Crippen LogP contribution in [0.25, 0.3) is 6.08 Å². The third-order valence-corrected chi connectivity index (χ3v) is 1.58. The second kappa shape index (κ2) is 4.36. The Morgan fingerprint density at radius 2 is 2.29 bits per heavy atom. The number of halogens is 1. The number of nitro groups is 1. The Morgan fingerprint density at radius 3 is 2.86 bits per heavy atom. The fourth-order valence-electron chi connectivity index (χ4n) is 0.918. The van der Waals surface area contributed by atoms with Gasteiger partial charge in [-0.05, 0) is 18.2 Å². The quantitative estimate of drug-likeness (QED) is 0.550. The lowest BCUT2D eigenvalue weighted by Crippen LogP contribution is -1.88. The first kappa shape index (κ1) is 10.2. The average Bonchev–Trinajstić information content (AvgIpc) is 2.16. The van der Waals surface area contributed by atoms with E-state index in [9.17, 15) is 14.5 Å². The number of nitrogens with zero attached hydrogens (tertiary/aromatic N) is 1. The molecule has 14 heavy (non-hydrogen) atoms. The number of rotatable bonds is 3. The molecule has 1 aromatic rings. The number of hydrogen-bond donors (Lipinski definition) is 0. The van der Waals surface area contributed by atoms with E-state index in [0.717, 1.165) is 6.08 Å². The van der Waals surface area contributed by atoms with E-state index in [4.69, 9.17) is 4.74 Å². The van der Waals surface area contributed by atoms with Crippen LogP contribution in [-0.4, -0.2) is 12.0 Å². The molecule has 0 amide bonds. The maximum absolute atomic E-state index is 13.0. The Morgan fingerprint density at radius 1 is 1.57 bits per heavy atom. The van der Waals surface area contributed by atoms with Crippen molar-refractivity contribution in [2.75, 3.05) is 7.11 Å². The van der Waals surface area contributed by atoms with Gasteiger partial charge in [-0.3, -0.25) is 10.1 Å². The Labute approximate surface area is 79.8 Å². The van der Waals surface area contributed by atoms with E-state index in [2.05, 4.69) is 0 Å². The SMILES string of the molecule is COc1ccc(F)c(C=C[N+](=O)[O-])c1. The maximum atomic E-state index is 13.0. The zero-order chi connectivity index (χ0) is 10.6. The van der Waals surface area contributed by atoms with Gasteiger partial charge in [0, 0.05) is 11.6 Å². The van der Waals surface area contributed by atoms with Gasteiger partial charge in [-0.2, -0.15) is 0 Å². The van der Waals surface area contributed by atoms with Crippen LogP contribution in [0.3, 0.4) is 0 Å². The summed E-state index contributed by atoms with van der Waals surface area (Å²) in [5, 5.41) is 10.0. The number of hydrogen-bond acceptors (Lipinski definition) is 3. The first-order valence-electron chi connectivity index (χ1n) is 3.78. The molecule has 0 heterocycles. The minimum Gasteiger partial charge on any atom is -0.497 e. The van der Waals surface area contributed by atoms with Crippen molar-refractivity contribution in [2.45, 2.75) is 0 Å². The highest BCUT2D eigenvalue weighted by atomic mass is 19.1. The molecule has 0 N–H and O–H groups in total. The third kappa shape index (κ3) is 2.55. The van der Waals surface area contributed by atoms with Gasteiger partial charge in [0.05, 0.1) is 12.0 Å². The van der Waals surface area contributed by atoms with E-state index in [0.29, 0.717) is 11.9 Å². The van der Waals surface area contributed by atoms with Gasteiger partial charge in [0.25, 0.3) is 0 Å². The van der Waals surface area contributed by atoms with Crippen LogP contribution in [0.4, 0.5) is 4.39 Å². The van der Waals surface area contributed by atoms with Crippen molar-refractivity contribution in [3.8, 4) is 5.75 Å². The first-order chi connectivity index (χ1) is 6.63. The summed E-state index contributed by atoms with van der Waals surface area (Å²) in [7, 11) is 1.44. The van der Waals surface area contributed by atoms with Crippen molar-refractivity contribution in [1.82, 2.24) is 0 Å². The number of methoxy groups -OCH3 is 1. The van der Waals surface area contributed by atoms with Crippen LogP contribution in [0.2, 0.25) is 0 Å². The summed E-state index contributed by atoms with van der Waals surface area (Å²) in [6.45, 7) is 0. The van der Waals surface area contributed by atoms with Crippen LogP contribution in [-0.2, 0) is 0 Å². The van der Waals surface area contributed by atoms with Crippen molar-refractivity contribution in [2.24, 2.45) is 0 Å². The zero-order valence-corrected chi connectivity index (χ0v) is 7.44. The van der Waals surface area contributed by atoms with E-state index in [1.54, 1.807) is 0 Å². The van der Waals surface area contributed by atoms with Gasteiger partial charge in [0.15, 0.2) is 0 Å². The smallest absolute Gasteiger partial charge is 0.235 e. The molecule has 0 unspecified atom stereocenters. The number of benzene rings is 1. The molecule has 0 aromatic heterocycles. The molecule has 1 rings (SSSR count). The van der Waals surface area contributed by atoms with Gasteiger partial charge in [0.2, 0.25) is 6.20 Å². The number of ether oxygens (including phenoxy) is 1. The molecular formula is C9H8FNO3. The van der Waals surface area contributed by atoms with Crippen molar-refractivity contribution in [3.63, 3.8) is 0 Å². The average molecular weight is 197 g/mol. The second-order valence-corrected chi connectivity index (χ2v) is 2.49. The largest absolute Gasteiger partial charge is 0.497 e. The van der Waals surface area contributed by atoms with Gasteiger partial charge < -0.3 is 4.74 Å². The fraction of sp³-hybridized carbons (Fsp3) is 0.111. The van der Waals surface area contributed by atoms with Gasteiger partial charge >= 0.3 is 0 Å². The van der Waals surface area contributed by atoms with E-state index in [1.165, 1.54) is 25.3 Å². The lowest BCUT2D eigenvalue weighted by atomic mass is 10.2. The molecule has 0 fully saturated rings. The maximum Gasteiger partial charge on any atom is 0.235 e. The Balaban J connectivity index is 3.00. The van der Waals surface area contributed by atoms with Gasteiger partial charge in [-0.1, -0.05) is 0 Å². The van der Waals surface area contributed by atoms with Gasteiger partial charge in [0.1, 0.15) is 11.6 Å². The summed E-state index contributed by atoms with van der Waals surface area (Å²) in [4.78, 5) is 9.35. The van der Waals surface area contributed by atoms with Crippen LogP contribution in [0.1, 0.15) is 5.56 Å². The molecule has 0 spiro atoms. The van der Waals surface area contributed by atoms with Crippen molar-refractivity contribution >= 4 is 6.08 Å².